The lowest BCUT2D eigenvalue weighted by molar-refractivity contribution is 0.308. The lowest BCUT2D eigenvalue weighted by atomic mass is 10.2. The van der Waals surface area contributed by atoms with Crippen molar-refractivity contribution in [1.82, 2.24) is 9.88 Å². The molecule has 1 fully saturated rings. The lowest BCUT2D eigenvalue weighted by Gasteiger charge is -2.16. The highest BCUT2D eigenvalue weighted by atomic mass is 32.1. The number of hydrogen-bond donors (Lipinski definition) is 1. The van der Waals surface area contributed by atoms with Gasteiger partial charge in [-0.1, -0.05) is 13.8 Å². The summed E-state index contributed by atoms with van der Waals surface area (Å²) in [5.74, 6) is 1.62. The van der Waals surface area contributed by atoms with E-state index in [9.17, 15) is 0 Å². The number of rotatable bonds is 7. The first-order chi connectivity index (χ1) is 8.28. The van der Waals surface area contributed by atoms with Crippen molar-refractivity contribution in [3.05, 3.63) is 15.6 Å². The van der Waals surface area contributed by atoms with Crippen LogP contribution in [-0.2, 0) is 12.2 Å². The first kappa shape index (κ1) is 13.4. The standard InChI is InChI=1S/C13H22N2S2/c1-3-15(4-2)8-7-12-14-13(10-5-6-10)11(9-16)17-12/h10,16H,3-9H2,1-2H3. The van der Waals surface area contributed by atoms with Crippen LogP contribution in [0.25, 0.3) is 0 Å². The number of nitrogens with zero attached hydrogens (tertiary/aromatic N) is 2. The van der Waals surface area contributed by atoms with Gasteiger partial charge in [0.1, 0.15) is 0 Å². The van der Waals surface area contributed by atoms with E-state index in [1.54, 1.807) is 0 Å². The SMILES string of the molecule is CCN(CC)CCc1nc(C2CC2)c(CS)s1. The van der Waals surface area contributed by atoms with Crippen LogP contribution in [0, 0.1) is 0 Å². The maximum absolute atomic E-state index is 4.83. The minimum absolute atomic E-state index is 0.760. The zero-order chi connectivity index (χ0) is 12.3. The van der Waals surface area contributed by atoms with Crippen LogP contribution in [0.1, 0.15) is 48.2 Å². The van der Waals surface area contributed by atoms with Crippen LogP contribution >= 0.6 is 24.0 Å². The van der Waals surface area contributed by atoms with Gasteiger partial charge < -0.3 is 4.90 Å². The molecule has 0 bridgehead atoms. The highest BCUT2D eigenvalue weighted by Gasteiger charge is 2.29. The summed E-state index contributed by atoms with van der Waals surface area (Å²) in [6.07, 6.45) is 3.76. The van der Waals surface area contributed by atoms with Gasteiger partial charge >= 0.3 is 0 Å². The Kier molecular flexibility index (Phi) is 4.88. The maximum atomic E-state index is 4.83. The Morgan fingerprint density at radius 2 is 2.06 bits per heavy atom. The largest absolute Gasteiger partial charge is 0.303 e. The number of aromatic nitrogens is 1. The second-order valence-corrected chi connectivity index (χ2v) is 6.11. The Balaban J connectivity index is 1.96. The van der Waals surface area contributed by atoms with E-state index < -0.39 is 0 Å². The van der Waals surface area contributed by atoms with Gasteiger partial charge in [0, 0.05) is 29.5 Å². The smallest absolute Gasteiger partial charge is 0.0944 e. The Labute approximate surface area is 114 Å². The minimum Gasteiger partial charge on any atom is -0.303 e. The van der Waals surface area contributed by atoms with E-state index in [-0.39, 0.29) is 0 Å². The highest BCUT2D eigenvalue weighted by molar-refractivity contribution is 7.79. The van der Waals surface area contributed by atoms with Gasteiger partial charge in [0.15, 0.2) is 0 Å². The molecule has 0 saturated heterocycles. The second kappa shape index (κ2) is 6.21. The third kappa shape index (κ3) is 3.46. The van der Waals surface area contributed by atoms with Crippen molar-refractivity contribution in [3.63, 3.8) is 0 Å². The minimum atomic E-state index is 0.760. The normalized spacial score (nSPS) is 15.8. The summed E-state index contributed by atoms with van der Waals surface area (Å²) in [4.78, 5) is 8.69. The van der Waals surface area contributed by atoms with Gasteiger partial charge in [-0.3, -0.25) is 0 Å². The monoisotopic (exact) mass is 270 g/mol. The molecule has 2 rings (SSSR count). The predicted octanol–water partition coefficient (Wildman–Crippen LogP) is 3.33. The third-order valence-corrected chi connectivity index (χ3v) is 5.08. The molecule has 1 aliphatic carbocycles. The van der Waals surface area contributed by atoms with E-state index in [2.05, 4.69) is 31.4 Å². The molecule has 0 aliphatic heterocycles. The molecular weight excluding hydrogens is 248 g/mol. The summed E-state index contributed by atoms with van der Waals surface area (Å²) in [7, 11) is 0. The first-order valence-electron chi connectivity index (χ1n) is 6.60. The summed E-state index contributed by atoms with van der Waals surface area (Å²) in [6.45, 7) is 7.85. The summed E-state index contributed by atoms with van der Waals surface area (Å²) < 4.78 is 0. The van der Waals surface area contributed by atoms with Crippen molar-refractivity contribution in [1.29, 1.82) is 0 Å². The Hall–Kier alpha value is -0.0600. The molecule has 0 atom stereocenters. The van der Waals surface area contributed by atoms with Crippen LogP contribution in [0.3, 0.4) is 0 Å². The quantitative estimate of drug-likeness (QED) is 0.765. The summed E-state index contributed by atoms with van der Waals surface area (Å²) in [5, 5.41) is 1.31. The molecule has 0 radical (unpaired) electrons. The van der Waals surface area contributed by atoms with Gasteiger partial charge in [-0.2, -0.15) is 12.6 Å². The molecule has 1 heterocycles. The average molecular weight is 270 g/mol. The molecule has 1 aromatic heterocycles. The van der Waals surface area contributed by atoms with Gasteiger partial charge in [0.25, 0.3) is 0 Å². The highest BCUT2D eigenvalue weighted by Crippen LogP contribution is 2.43. The first-order valence-corrected chi connectivity index (χ1v) is 8.05. The second-order valence-electron chi connectivity index (χ2n) is 4.63. The van der Waals surface area contributed by atoms with E-state index in [4.69, 9.17) is 4.98 Å². The topological polar surface area (TPSA) is 16.1 Å². The average Bonchev–Trinajstić information content (AvgIpc) is 3.11. The molecular formula is C13H22N2S2. The molecule has 1 saturated carbocycles. The summed E-state index contributed by atoms with van der Waals surface area (Å²) in [5.41, 5.74) is 1.36. The van der Waals surface area contributed by atoms with Gasteiger partial charge in [-0.15, -0.1) is 11.3 Å². The van der Waals surface area contributed by atoms with Gasteiger partial charge in [-0.25, -0.2) is 4.98 Å². The fourth-order valence-corrected chi connectivity index (χ4v) is 3.46. The van der Waals surface area contributed by atoms with Crippen molar-refractivity contribution in [2.45, 2.75) is 44.8 Å². The van der Waals surface area contributed by atoms with Crippen LogP contribution in [0.5, 0.6) is 0 Å². The van der Waals surface area contributed by atoms with Crippen molar-refractivity contribution < 1.29 is 0 Å². The lowest BCUT2D eigenvalue weighted by Crippen LogP contribution is -2.25. The van der Waals surface area contributed by atoms with E-state index in [0.717, 1.165) is 37.7 Å². The van der Waals surface area contributed by atoms with Crippen molar-refractivity contribution in [3.8, 4) is 0 Å². The Bertz CT molecular complexity index is 354. The fraction of sp³-hybridized carbons (Fsp3) is 0.769. The van der Waals surface area contributed by atoms with Crippen LogP contribution in [0.2, 0.25) is 0 Å². The molecule has 1 aliphatic rings. The molecule has 0 N–H and O–H groups in total. The van der Waals surface area contributed by atoms with Crippen molar-refractivity contribution in [2.24, 2.45) is 0 Å². The number of likely N-dealkylation sites (N-methyl/N-ethyl adjacent to an activating group) is 1. The van der Waals surface area contributed by atoms with Gasteiger partial charge in [0.05, 0.1) is 10.7 Å². The molecule has 0 spiro atoms. The fourth-order valence-electron chi connectivity index (χ4n) is 2.10. The number of thiazole rings is 1. The Morgan fingerprint density at radius 3 is 2.59 bits per heavy atom. The number of thiol groups is 1. The van der Waals surface area contributed by atoms with E-state index in [1.807, 2.05) is 11.3 Å². The molecule has 2 nitrogen and oxygen atoms in total. The molecule has 17 heavy (non-hydrogen) atoms. The Morgan fingerprint density at radius 1 is 1.35 bits per heavy atom. The molecule has 0 unspecified atom stereocenters. The van der Waals surface area contributed by atoms with Crippen LogP contribution in [0.4, 0.5) is 0 Å². The van der Waals surface area contributed by atoms with Crippen LogP contribution in [0.15, 0.2) is 0 Å². The molecule has 0 amide bonds. The molecule has 96 valence electrons. The van der Waals surface area contributed by atoms with E-state index in [0.29, 0.717) is 0 Å². The zero-order valence-corrected chi connectivity index (χ0v) is 12.5. The van der Waals surface area contributed by atoms with Gasteiger partial charge in [0.2, 0.25) is 0 Å². The zero-order valence-electron chi connectivity index (χ0n) is 10.8. The predicted molar refractivity (Wildman–Crippen MR) is 78.3 cm³/mol. The third-order valence-electron chi connectivity index (χ3n) is 3.42. The van der Waals surface area contributed by atoms with Gasteiger partial charge in [-0.05, 0) is 25.9 Å². The maximum Gasteiger partial charge on any atom is 0.0944 e. The molecule has 4 heteroatoms. The van der Waals surface area contributed by atoms with Crippen molar-refractivity contribution in [2.75, 3.05) is 19.6 Å². The molecule has 1 aromatic rings. The molecule has 0 aromatic carbocycles. The summed E-state index contributed by atoms with van der Waals surface area (Å²) in [6, 6.07) is 0. The van der Waals surface area contributed by atoms with E-state index in [1.165, 1.54) is 28.4 Å². The van der Waals surface area contributed by atoms with Crippen LogP contribution < -0.4 is 0 Å². The number of hydrogen-bond acceptors (Lipinski definition) is 4. The van der Waals surface area contributed by atoms with Crippen molar-refractivity contribution >= 4 is 24.0 Å². The van der Waals surface area contributed by atoms with E-state index >= 15 is 0 Å². The van der Waals surface area contributed by atoms with Crippen LogP contribution in [-0.4, -0.2) is 29.5 Å². The summed E-state index contributed by atoms with van der Waals surface area (Å²) >= 11 is 6.30.